The highest BCUT2D eigenvalue weighted by Gasteiger charge is 2.07. The molecule has 0 fully saturated rings. The highest BCUT2D eigenvalue weighted by atomic mass is 16.5. The number of ether oxygens (including phenoxy) is 1. The number of benzene rings is 1. The Labute approximate surface area is 105 Å². The number of nitrogens with one attached hydrogen (secondary N) is 2. The highest BCUT2D eigenvalue weighted by Crippen LogP contribution is 2.05. The van der Waals surface area contributed by atoms with Gasteiger partial charge in [0.15, 0.2) is 0 Å². The maximum Gasteiger partial charge on any atom is 0.251 e. The van der Waals surface area contributed by atoms with Gasteiger partial charge in [-0.25, -0.2) is 0 Å². The monoisotopic (exact) mass is 251 g/mol. The van der Waals surface area contributed by atoms with Gasteiger partial charge in [-0.1, -0.05) is 6.07 Å². The summed E-state index contributed by atoms with van der Waals surface area (Å²) in [6, 6.07) is 6.56. The number of carbonyl (C=O) groups excluding carboxylic acids is 2. The number of nitrogen functional groups attached to an aromatic ring is 1. The van der Waals surface area contributed by atoms with E-state index in [4.69, 9.17) is 10.5 Å². The third-order valence-electron chi connectivity index (χ3n) is 2.19. The average Bonchev–Trinajstić information content (AvgIpc) is 2.36. The molecule has 0 aliphatic heterocycles. The Morgan fingerprint density at radius 2 is 2.11 bits per heavy atom. The molecular formula is C12H17N3O3. The highest BCUT2D eigenvalue weighted by molar-refractivity contribution is 5.97. The third kappa shape index (κ3) is 4.84. The van der Waals surface area contributed by atoms with Gasteiger partial charge < -0.3 is 21.1 Å². The van der Waals surface area contributed by atoms with Crippen LogP contribution in [-0.2, 0) is 9.53 Å². The Hall–Kier alpha value is -2.08. The van der Waals surface area contributed by atoms with E-state index in [0.29, 0.717) is 24.4 Å². The first-order valence-corrected chi connectivity index (χ1v) is 5.53. The molecule has 0 aliphatic rings. The van der Waals surface area contributed by atoms with E-state index in [9.17, 15) is 9.59 Å². The van der Waals surface area contributed by atoms with Gasteiger partial charge in [0.05, 0.1) is 13.2 Å². The van der Waals surface area contributed by atoms with Gasteiger partial charge >= 0.3 is 0 Å². The van der Waals surface area contributed by atoms with Crippen molar-refractivity contribution in [3.8, 4) is 0 Å². The van der Waals surface area contributed by atoms with E-state index in [1.165, 1.54) is 0 Å². The van der Waals surface area contributed by atoms with E-state index in [-0.39, 0.29) is 18.4 Å². The lowest BCUT2D eigenvalue weighted by Crippen LogP contribution is -2.38. The van der Waals surface area contributed by atoms with Gasteiger partial charge in [-0.15, -0.1) is 0 Å². The minimum atomic E-state index is -0.329. The minimum Gasteiger partial charge on any atom is -0.399 e. The molecule has 2 amide bonds. The zero-order valence-corrected chi connectivity index (χ0v) is 10.2. The molecule has 0 saturated carbocycles. The number of carbonyl (C=O) groups is 2. The van der Waals surface area contributed by atoms with Crippen molar-refractivity contribution in [3.05, 3.63) is 29.8 Å². The Morgan fingerprint density at radius 3 is 2.78 bits per heavy atom. The summed E-state index contributed by atoms with van der Waals surface area (Å²) in [6.07, 6.45) is 0. The first-order valence-electron chi connectivity index (χ1n) is 5.53. The quantitative estimate of drug-likeness (QED) is 0.480. The summed E-state index contributed by atoms with van der Waals surface area (Å²) in [5.74, 6) is -0.589. The third-order valence-corrected chi connectivity index (χ3v) is 2.19. The molecular weight excluding hydrogens is 234 g/mol. The molecule has 98 valence electrons. The van der Waals surface area contributed by atoms with Gasteiger partial charge in [0.25, 0.3) is 5.91 Å². The number of nitrogens with two attached hydrogens (primary N) is 1. The van der Waals surface area contributed by atoms with E-state index in [2.05, 4.69) is 10.6 Å². The summed E-state index contributed by atoms with van der Waals surface area (Å²) >= 11 is 0. The number of rotatable bonds is 6. The number of methoxy groups -OCH3 is 1. The first kappa shape index (κ1) is 14.0. The molecule has 18 heavy (non-hydrogen) atoms. The molecule has 1 aromatic carbocycles. The number of anilines is 1. The minimum absolute atomic E-state index is 0.0721. The first-order chi connectivity index (χ1) is 8.63. The van der Waals surface area contributed by atoms with Crippen LogP contribution >= 0.6 is 0 Å². The Balaban J connectivity index is 2.35. The van der Waals surface area contributed by atoms with Crippen LogP contribution in [0.1, 0.15) is 10.4 Å². The second-order valence-electron chi connectivity index (χ2n) is 3.65. The predicted octanol–water partition coefficient (Wildman–Crippen LogP) is -0.239. The van der Waals surface area contributed by atoms with Crippen molar-refractivity contribution >= 4 is 17.5 Å². The lowest BCUT2D eigenvalue weighted by Gasteiger charge is -2.06. The Kier molecular flexibility index (Phi) is 5.66. The molecule has 0 unspecified atom stereocenters. The second kappa shape index (κ2) is 7.29. The number of hydrogen-bond acceptors (Lipinski definition) is 4. The van der Waals surface area contributed by atoms with Gasteiger partial charge in [0.2, 0.25) is 5.91 Å². The van der Waals surface area contributed by atoms with Crippen molar-refractivity contribution in [1.29, 1.82) is 0 Å². The summed E-state index contributed by atoms with van der Waals surface area (Å²) in [7, 11) is 1.55. The molecule has 6 nitrogen and oxygen atoms in total. The molecule has 0 aliphatic carbocycles. The molecule has 1 rings (SSSR count). The predicted molar refractivity (Wildman–Crippen MR) is 68.1 cm³/mol. The van der Waals surface area contributed by atoms with Crippen LogP contribution in [0.15, 0.2) is 24.3 Å². The Bertz CT molecular complexity index is 421. The maximum atomic E-state index is 11.7. The average molecular weight is 251 g/mol. The maximum absolute atomic E-state index is 11.7. The van der Waals surface area contributed by atoms with E-state index < -0.39 is 0 Å². The van der Waals surface area contributed by atoms with E-state index >= 15 is 0 Å². The van der Waals surface area contributed by atoms with Crippen molar-refractivity contribution in [3.63, 3.8) is 0 Å². The van der Waals surface area contributed by atoms with E-state index in [0.717, 1.165) is 0 Å². The van der Waals surface area contributed by atoms with Crippen molar-refractivity contribution < 1.29 is 14.3 Å². The molecule has 0 heterocycles. The largest absolute Gasteiger partial charge is 0.399 e. The van der Waals surface area contributed by atoms with Gasteiger partial charge in [0, 0.05) is 24.9 Å². The van der Waals surface area contributed by atoms with Gasteiger partial charge in [-0.2, -0.15) is 0 Å². The van der Waals surface area contributed by atoms with Crippen molar-refractivity contribution in [2.24, 2.45) is 0 Å². The van der Waals surface area contributed by atoms with Crippen molar-refractivity contribution in [1.82, 2.24) is 10.6 Å². The second-order valence-corrected chi connectivity index (χ2v) is 3.65. The zero-order chi connectivity index (χ0) is 13.4. The lowest BCUT2D eigenvalue weighted by atomic mass is 10.2. The van der Waals surface area contributed by atoms with Crippen LogP contribution in [0.4, 0.5) is 5.69 Å². The van der Waals surface area contributed by atoms with Crippen LogP contribution in [0.25, 0.3) is 0 Å². The molecule has 0 aromatic heterocycles. The lowest BCUT2D eigenvalue weighted by molar-refractivity contribution is -0.120. The SMILES string of the molecule is COCCNC(=O)CNC(=O)c1cccc(N)c1. The van der Waals surface area contributed by atoms with Crippen LogP contribution in [0, 0.1) is 0 Å². The summed E-state index contributed by atoms with van der Waals surface area (Å²) < 4.78 is 4.78. The molecule has 4 N–H and O–H groups in total. The van der Waals surface area contributed by atoms with Crippen molar-refractivity contribution in [2.75, 3.05) is 32.5 Å². The number of amides is 2. The number of hydrogen-bond donors (Lipinski definition) is 3. The van der Waals surface area contributed by atoms with Gasteiger partial charge in [-0.05, 0) is 18.2 Å². The molecule has 0 atom stereocenters. The van der Waals surface area contributed by atoms with Gasteiger partial charge in [-0.3, -0.25) is 9.59 Å². The topological polar surface area (TPSA) is 93.5 Å². The Morgan fingerprint density at radius 1 is 1.33 bits per heavy atom. The van der Waals surface area contributed by atoms with Crippen molar-refractivity contribution in [2.45, 2.75) is 0 Å². The molecule has 0 saturated heterocycles. The molecule has 0 radical (unpaired) electrons. The summed E-state index contributed by atoms with van der Waals surface area (Å²) in [4.78, 5) is 23.0. The van der Waals surface area contributed by atoms with E-state index in [1.54, 1.807) is 31.4 Å². The molecule has 0 bridgehead atoms. The standard InChI is InChI=1S/C12H17N3O3/c1-18-6-5-14-11(16)8-15-12(17)9-3-2-4-10(13)7-9/h2-4,7H,5-6,8,13H2,1H3,(H,14,16)(H,15,17). The molecule has 0 spiro atoms. The fourth-order valence-corrected chi connectivity index (χ4v) is 1.30. The van der Waals surface area contributed by atoms with Crippen LogP contribution < -0.4 is 16.4 Å². The van der Waals surface area contributed by atoms with Crippen LogP contribution in [0.2, 0.25) is 0 Å². The fraction of sp³-hybridized carbons (Fsp3) is 0.333. The van der Waals surface area contributed by atoms with E-state index in [1.807, 2.05) is 0 Å². The summed E-state index contributed by atoms with van der Waals surface area (Å²) in [5.41, 5.74) is 6.50. The summed E-state index contributed by atoms with van der Waals surface area (Å²) in [6.45, 7) is 0.787. The zero-order valence-electron chi connectivity index (χ0n) is 10.2. The summed E-state index contributed by atoms with van der Waals surface area (Å²) in [5, 5.41) is 5.10. The van der Waals surface area contributed by atoms with Crippen LogP contribution in [-0.4, -0.2) is 38.6 Å². The molecule has 6 heteroatoms. The fourth-order valence-electron chi connectivity index (χ4n) is 1.30. The van der Waals surface area contributed by atoms with Crippen LogP contribution in [0.5, 0.6) is 0 Å². The smallest absolute Gasteiger partial charge is 0.251 e. The normalized spacial score (nSPS) is 9.83. The molecule has 1 aromatic rings. The van der Waals surface area contributed by atoms with Crippen LogP contribution in [0.3, 0.4) is 0 Å². The van der Waals surface area contributed by atoms with Gasteiger partial charge in [0.1, 0.15) is 0 Å².